The lowest BCUT2D eigenvalue weighted by molar-refractivity contribution is 0.413. The van der Waals surface area contributed by atoms with Crippen LogP contribution in [0.1, 0.15) is 11.1 Å². The van der Waals surface area contributed by atoms with Crippen LogP contribution < -0.4 is 9.04 Å². The number of methoxy groups -OCH3 is 1. The first-order valence-corrected chi connectivity index (χ1v) is 7.87. The number of anilines is 1. The zero-order valence-corrected chi connectivity index (χ0v) is 13.3. The number of aryl methyl sites for hydroxylation is 2. The smallest absolute Gasteiger partial charge is 0.265 e. The van der Waals surface area contributed by atoms with Crippen molar-refractivity contribution in [2.75, 3.05) is 18.5 Å². The number of nitrogens with zero attached hydrogens (tertiary/aromatic N) is 2. The van der Waals surface area contributed by atoms with Gasteiger partial charge in [-0.05, 0) is 49.2 Å². The van der Waals surface area contributed by atoms with Crippen molar-refractivity contribution in [3.05, 3.63) is 47.7 Å². The molecule has 1 aromatic carbocycles. The molecule has 0 spiro atoms. The molecule has 0 N–H and O–H groups in total. The van der Waals surface area contributed by atoms with Gasteiger partial charge in [0, 0.05) is 13.2 Å². The van der Waals surface area contributed by atoms with Crippen molar-refractivity contribution in [3.63, 3.8) is 0 Å². The van der Waals surface area contributed by atoms with Crippen LogP contribution in [0.4, 0.5) is 5.82 Å². The molecule has 5 nitrogen and oxygen atoms in total. The van der Waals surface area contributed by atoms with Gasteiger partial charge in [0.15, 0.2) is 0 Å². The van der Waals surface area contributed by atoms with Gasteiger partial charge in [0.1, 0.15) is 11.6 Å². The predicted octanol–water partition coefficient (Wildman–Crippen LogP) is 2.53. The molecule has 0 atom stereocenters. The summed E-state index contributed by atoms with van der Waals surface area (Å²) in [5, 5.41) is 0. The molecule has 21 heavy (non-hydrogen) atoms. The maximum Gasteiger partial charge on any atom is 0.265 e. The van der Waals surface area contributed by atoms with Crippen LogP contribution in [0.2, 0.25) is 0 Å². The summed E-state index contributed by atoms with van der Waals surface area (Å²) in [6.07, 6.45) is 1.56. The van der Waals surface area contributed by atoms with E-state index in [1.165, 1.54) is 11.4 Å². The highest BCUT2D eigenvalue weighted by Crippen LogP contribution is 2.29. The van der Waals surface area contributed by atoms with E-state index in [4.69, 9.17) is 4.74 Å². The van der Waals surface area contributed by atoms with Gasteiger partial charge in [0.25, 0.3) is 10.0 Å². The van der Waals surface area contributed by atoms with Gasteiger partial charge < -0.3 is 4.74 Å². The van der Waals surface area contributed by atoms with Crippen molar-refractivity contribution in [2.45, 2.75) is 18.7 Å². The summed E-state index contributed by atoms with van der Waals surface area (Å²) in [6, 6.07) is 8.58. The van der Waals surface area contributed by atoms with Gasteiger partial charge in [-0.2, -0.15) is 0 Å². The Bertz CT molecular complexity index is 720. The molecule has 2 rings (SSSR count). The molecule has 0 aliphatic carbocycles. The van der Waals surface area contributed by atoms with Crippen LogP contribution in [-0.4, -0.2) is 27.6 Å². The van der Waals surface area contributed by atoms with Crippen LogP contribution in [0.25, 0.3) is 0 Å². The molecule has 6 heteroatoms. The van der Waals surface area contributed by atoms with E-state index >= 15 is 0 Å². The van der Waals surface area contributed by atoms with Crippen molar-refractivity contribution in [1.29, 1.82) is 0 Å². The van der Waals surface area contributed by atoms with E-state index in [0.29, 0.717) is 22.7 Å². The van der Waals surface area contributed by atoms with Crippen molar-refractivity contribution in [2.24, 2.45) is 0 Å². The molecule has 1 heterocycles. The monoisotopic (exact) mass is 306 g/mol. The molecule has 0 saturated heterocycles. The van der Waals surface area contributed by atoms with Crippen LogP contribution >= 0.6 is 0 Å². The van der Waals surface area contributed by atoms with E-state index in [1.54, 1.807) is 57.5 Å². The van der Waals surface area contributed by atoms with E-state index in [1.807, 2.05) is 0 Å². The van der Waals surface area contributed by atoms with E-state index in [0.717, 1.165) is 0 Å². The average molecular weight is 306 g/mol. The van der Waals surface area contributed by atoms with Gasteiger partial charge in [-0.3, -0.25) is 4.31 Å². The number of hydrogen-bond acceptors (Lipinski definition) is 4. The topological polar surface area (TPSA) is 59.5 Å². The van der Waals surface area contributed by atoms with E-state index < -0.39 is 10.0 Å². The first kappa shape index (κ1) is 15.3. The average Bonchev–Trinajstić information content (AvgIpc) is 2.46. The second-order valence-corrected chi connectivity index (χ2v) is 6.66. The maximum atomic E-state index is 12.8. The summed E-state index contributed by atoms with van der Waals surface area (Å²) in [5.41, 5.74) is 1.30. The Labute approximate surface area is 125 Å². The molecule has 0 bridgehead atoms. The minimum absolute atomic E-state index is 0.288. The molecule has 0 radical (unpaired) electrons. The second kappa shape index (κ2) is 5.73. The molecule has 0 saturated carbocycles. The third-order valence-corrected chi connectivity index (χ3v) is 5.33. The summed E-state index contributed by atoms with van der Waals surface area (Å²) in [6.45, 7) is 3.52. The number of sulfonamides is 1. The van der Waals surface area contributed by atoms with Crippen LogP contribution in [-0.2, 0) is 10.0 Å². The number of benzene rings is 1. The molecule has 0 amide bonds. The molecular weight excluding hydrogens is 288 g/mol. The van der Waals surface area contributed by atoms with Crippen molar-refractivity contribution in [1.82, 2.24) is 4.98 Å². The molecule has 1 aromatic heterocycles. The van der Waals surface area contributed by atoms with Crippen molar-refractivity contribution in [3.8, 4) is 5.75 Å². The Balaban J connectivity index is 2.55. The minimum Gasteiger partial charge on any atom is -0.497 e. The number of aromatic nitrogens is 1. The van der Waals surface area contributed by atoms with E-state index in [-0.39, 0.29) is 4.90 Å². The Morgan fingerprint density at radius 1 is 1.14 bits per heavy atom. The minimum atomic E-state index is -3.66. The highest BCUT2D eigenvalue weighted by Gasteiger charge is 2.26. The largest absolute Gasteiger partial charge is 0.497 e. The predicted molar refractivity (Wildman–Crippen MR) is 82.3 cm³/mol. The quantitative estimate of drug-likeness (QED) is 0.871. The maximum absolute atomic E-state index is 12.8. The summed E-state index contributed by atoms with van der Waals surface area (Å²) >= 11 is 0. The zero-order chi connectivity index (χ0) is 15.6. The van der Waals surface area contributed by atoms with Gasteiger partial charge in [-0.25, -0.2) is 13.4 Å². The van der Waals surface area contributed by atoms with Crippen molar-refractivity contribution >= 4 is 15.8 Å². The summed E-state index contributed by atoms with van der Waals surface area (Å²) < 4.78 is 32.0. The fourth-order valence-electron chi connectivity index (χ4n) is 2.24. The number of ether oxygens (including phenoxy) is 1. The third-order valence-electron chi connectivity index (χ3n) is 3.26. The SMILES string of the molecule is COc1cc(C)c(S(=O)(=O)N(C)c2ccccn2)c(C)c1. The highest BCUT2D eigenvalue weighted by molar-refractivity contribution is 7.92. The lowest BCUT2D eigenvalue weighted by Crippen LogP contribution is -2.28. The molecule has 0 fully saturated rings. The molecule has 112 valence electrons. The van der Waals surface area contributed by atoms with Crippen LogP contribution in [0.15, 0.2) is 41.4 Å². The van der Waals surface area contributed by atoms with Gasteiger partial charge in [0.2, 0.25) is 0 Å². The van der Waals surface area contributed by atoms with Gasteiger partial charge in [-0.15, -0.1) is 0 Å². The fourth-order valence-corrected chi connectivity index (χ4v) is 3.80. The van der Waals surface area contributed by atoms with Crippen LogP contribution in [0, 0.1) is 13.8 Å². The highest BCUT2D eigenvalue weighted by atomic mass is 32.2. The molecule has 0 unspecified atom stereocenters. The second-order valence-electron chi connectivity index (χ2n) is 4.75. The van der Waals surface area contributed by atoms with Gasteiger partial charge >= 0.3 is 0 Å². The number of rotatable bonds is 4. The van der Waals surface area contributed by atoms with E-state index in [2.05, 4.69) is 4.98 Å². The fraction of sp³-hybridized carbons (Fsp3) is 0.267. The van der Waals surface area contributed by atoms with Crippen molar-refractivity contribution < 1.29 is 13.2 Å². The number of pyridine rings is 1. The Hall–Kier alpha value is -2.08. The normalized spacial score (nSPS) is 11.2. The lowest BCUT2D eigenvalue weighted by atomic mass is 10.1. The third kappa shape index (κ3) is 2.85. The first-order valence-electron chi connectivity index (χ1n) is 6.43. The Morgan fingerprint density at radius 3 is 2.24 bits per heavy atom. The Kier molecular flexibility index (Phi) is 4.18. The standard InChI is InChI=1S/C15H18N2O3S/c1-11-9-13(20-4)10-12(2)15(11)21(18,19)17(3)14-7-5-6-8-16-14/h5-10H,1-4H3. The van der Waals surface area contributed by atoms with E-state index in [9.17, 15) is 8.42 Å². The lowest BCUT2D eigenvalue weighted by Gasteiger charge is -2.21. The Morgan fingerprint density at radius 2 is 1.76 bits per heavy atom. The number of hydrogen-bond donors (Lipinski definition) is 0. The van der Waals surface area contributed by atoms with Crippen LogP contribution in [0.3, 0.4) is 0 Å². The van der Waals surface area contributed by atoms with Gasteiger partial charge in [0.05, 0.1) is 12.0 Å². The molecule has 0 aliphatic rings. The first-order chi connectivity index (χ1) is 9.87. The summed E-state index contributed by atoms with van der Waals surface area (Å²) in [5.74, 6) is 1.02. The molecule has 2 aromatic rings. The molecule has 0 aliphatic heterocycles. The summed E-state index contributed by atoms with van der Waals surface area (Å²) in [7, 11) is -0.604. The van der Waals surface area contributed by atoms with Gasteiger partial charge in [-0.1, -0.05) is 6.07 Å². The molecular formula is C15H18N2O3S. The van der Waals surface area contributed by atoms with Crippen LogP contribution in [0.5, 0.6) is 5.75 Å². The zero-order valence-electron chi connectivity index (χ0n) is 12.5. The summed E-state index contributed by atoms with van der Waals surface area (Å²) in [4.78, 5) is 4.37.